The Labute approximate surface area is 193 Å². The minimum Gasteiger partial charge on any atom is -0.482 e. The summed E-state index contributed by atoms with van der Waals surface area (Å²) in [5.74, 6) is 3.10. The van der Waals surface area contributed by atoms with Gasteiger partial charge < -0.3 is 25.2 Å². The van der Waals surface area contributed by atoms with Gasteiger partial charge in [0, 0.05) is 55.5 Å². The van der Waals surface area contributed by atoms with Crippen molar-refractivity contribution in [3.8, 4) is 5.75 Å². The van der Waals surface area contributed by atoms with Crippen LogP contribution < -0.4 is 20.3 Å². The molecule has 2 N–H and O–H groups in total. The molecule has 0 unspecified atom stereocenters. The van der Waals surface area contributed by atoms with E-state index >= 15 is 0 Å². The van der Waals surface area contributed by atoms with E-state index in [0.29, 0.717) is 35.8 Å². The summed E-state index contributed by atoms with van der Waals surface area (Å²) >= 11 is 0. The van der Waals surface area contributed by atoms with E-state index in [4.69, 9.17) is 4.74 Å². The molecule has 0 atom stereocenters. The summed E-state index contributed by atoms with van der Waals surface area (Å²) in [5, 5.41) is 6.60. The molecule has 33 heavy (non-hydrogen) atoms. The monoisotopic (exact) mass is 444 g/mol. The van der Waals surface area contributed by atoms with Gasteiger partial charge >= 0.3 is 0 Å². The number of nitrogens with zero attached hydrogens (tertiary/aromatic N) is 6. The zero-order valence-electron chi connectivity index (χ0n) is 19.2. The van der Waals surface area contributed by atoms with Crippen LogP contribution in [0, 0.1) is 13.8 Å². The molecule has 4 heterocycles. The first-order chi connectivity index (χ1) is 16.0. The Morgan fingerprint density at radius 3 is 2.64 bits per heavy atom. The highest BCUT2D eigenvalue weighted by molar-refractivity contribution is 5.99. The Balaban J connectivity index is 1.31. The molecule has 0 amide bonds. The van der Waals surface area contributed by atoms with Gasteiger partial charge in [0.05, 0.1) is 0 Å². The zero-order chi connectivity index (χ0) is 22.8. The van der Waals surface area contributed by atoms with Crippen LogP contribution in [0.15, 0.2) is 47.7 Å². The first kappa shape index (κ1) is 21.1. The van der Waals surface area contributed by atoms with Crippen LogP contribution in [-0.2, 0) is 0 Å². The number of aliphatic imine (C=N–C) groups is 1. The van der Waals surface area contributed by atoms with Crippen molar-refractivity contribution in [1.29, 1.82) is 0 Å². The van der Waals surface area contributed by atoms with Gasteiger partial charge in [0.1, 0.15) is 18.3 Å². The normalized spacial score (nSPS) is 16.0. The number of amidine groups is 1. The maximum absolute atomic E-state index is 5.73. The van der Waals surface area contributed by atoms with Crippen molar-refractivity contribution in [3.63, 3.8) is 0 Å². The highest BCUT2D eigenvalue weighted by Crippen LogP contribution is 2.28. The van der Waals surface area contributed by atoms with Gasteiger partial charge in [0.15, 0.2) is 11.6 Å². The second kappa shape index (κ2) is 9.03. The lowest BCUT2D eigenvalue weighted by Crippen LogP contribution is -2.44. The van der Waals surface area contributed by atoms with Crippen LogP contribution in [0.3, 0.4) is 0 Å². The van der Waals surface area contributed by atoms with Crippen LogP contribution >= 0.6 is 0 Å². The first-order valence-electron chi connectivity index (χ1n) is 11.1. The van der Waals surface area contributed by atoms with Crippen molar-refractivity contribution in [2.75, 3.05) is 55.4 Å². The summed E-state index contributed by atoms with van der Waals surface area (Å²) in [6, 6.07) is 10.1. The Bertz CT molecular complexity index is 1190. The van der Waals surface area contributed by atoms with E-state index in [-0.39, 0.29) is 0 Å². The molecule has 2 aliphatic heterocycles. The lowest BCUT2D eigenvalue weighted by atomic mass is 10.1. The van der Waals surface area contributed by atoms with Crippen molar-refractivity contribution in [2.24, 2.45) is 4.99 Å². The third kappa shape index (κ3) is 4.73. The van der Waals surface area contributed by atoms with E-state index < -0.39 is 0 Å². The molecular formula is C24H28N8O. The highest BCUT2D eigenvalue weighted by Gasteiger charge is 2.17. The van der Waals surface area contributed by atoms with Crippen molar-refractivity contribution in [3.05, 3.63) is 53.9 Å². The Morgan fingerprint density at radius 1 is 0.970 bits per heavy atom. The fourth-order valence-corrected chi connectivity index (χ4v) is 3.98. The maximum Gasteiger partial charge on any atom is 0.229 e. The van der Waals surface area contributed by atoms with Gasteiger partial charge in [-0.1, -0.05) is 0 Å². The molecule has 1 aromatic carbocycles. The third-order valence-electron chi connectivity index (χ3n) is 5.89. The quantitative estimate of drug-likeness (QED) is 0.632. The predicted molar refractivity (Wildman–Crippen MR) is 131 cm³/mol. The van der Waals surface area contributed by atoms with Gasteiger partial charge in [-0.2, -0.15) is 4.98 Å². The number of aryl methyl sites for hydroxylation is 2. The van der Waals surface area contributed by atoms with Gasteiger partial charge in [-0.3, -0.25) is 0 Å². The van der Waals surface area contributed by atoms with Crippen LogP contribution in [0.2, 0.25) is 0 Å². The van der Waals surface area contributed by atoms with Crippen LogP contribution in [0.4, 0.5) is 29.0 Å². The Kier molecular flexibility index (Phi) is 5.78. The smallest absolute Gasteiger partial charge is 0.229 e. The van der Waals surface area contributed by atoms with Crippen molar-refractivity contribution >= 4 is 34.8 Å². The highest BCUT2D eigenvalue weighted by atomic mass is 16.5. The van der Waals surface area contributed by atoms with Gasteiger partial charge in [-0.15, -0.1) is 0 Å². The summed E-state index contributed by atoms with van der Waals surface area (Å²) in [6.45, 7) is 8.71. The molecule has 5 rings (SSSR count). The second-order valence-corrected chi connectivity index (χ2v) is 8.44. The number of likely N-dealkylation sites (N-methyl/N-ethyl adjacent to an activating group) is 1. The van der Waals surface area contributed by atoms with Crippen LogP contribution in [0.5, 0.6) is 5.75 Å². The van der Waals surface area contributed by atoms with E-state index in [1.807, 2.05) is 19.1 Å². The van der Waals surface area contributed by atoms with E-state index in [1.165, 1.54) is 11.3 Å². The SMILES string of the molecule is Cc1cc(Nc2ncc(C)c(NC3=Nc4ncccc4OC3)n2)ccc1N1CCN(C)CC1. The number of pyridine rings is 1. The summed E-state index contributed by atoms with van der Waals surface area (Å²) < 4.78 is 5.73. The predicted octanol–water partition coefficient (Wildman–Crippen LogP) is 3.52. The molecule has 0 saturated carbocycles. The summed E-state index contributed by atoms with van der Waals surface area (Å²) in [4.78, 5) is 22.7. The molecule has 9 heteroatoms. The number of hydrogen-bond acceptors (Lipinski definition) is 9. The number of anilines is 4. The van der Waals surface area contributed by atoms with Crippen molar-refractivity contribution in [2.45, 2.75) is 13.8 Å². The molecule has 1 saturated heterocycles. The molecule has 0 radical (unpaired) electrons. The number of aromatic nitrogens is 3. The minimum absolute atomic E-state index is 0.331. The average molecular weight is 445 g/mol. The topological polar surface area (TPSA) is 90.8 Å². The number of hydrogen-bond donors (Lipinski definition) is 2. The molecule has 0 bridgehead atoms. The Morgan fingerprint density at radius 2 is 1.82 bits per heavy atom. The second-order valence-electron chi connectivity index (χ2n) is 8.44. The number of piperazine rings is 1. The molecule has 0 aliphatic carbocycles. The molecule has 0 spiro atoms. The van der Waals surface area contributed by atoms with E-state index in [2.05, 4.69) is 72.5 Å². The van der Waals surface area contributed by atoms with Gasteiger partial charge in [0.25, 0.3) is 0 Å². The number of benzene rings is 1. The van der Waals surface area contributed by atoms with E-state index in [0.717, 1.165) is 37.4 Å². The molecule has 1 fully saturated rings. The molecule has 2 aromatic heterocycles. The summed E-state index contributed by atoms with van der Waals surface area (Å²) in [5.41, 5.74) is 4.38. The molecule has 170 valence electrons. The summed E-state index contributed by atoms with van der Waals surface area (Å²) in [7, 11) is 2.17. The molecule has 9 nitrogen and oxygen atoms in total. The van der Waals surface area contributed by atoms with Crippen LogP contribution in [0.25, 0.3) is 0 Å². The van der Waals surface area contributed by atoms with Crippen LogP contribution in [-0.4, -0.2) is 65.5 Å². The van der Waals surface area contributed by atoms with Crippen molar-refractivity contribution in [1.82, 2.24) is 19.9 Å². The fraction of sp³-hybridized carbons (Fsp3) is 0.333. The Hall–Kier alpha value is -3.72. The molecule has 3 aromatic rings. The molecule has 2 aliphatic rings. The molecular weight excluding hydrogens is 416 g/mol. The maximum atomic E-state index is 5.73. The van der Waals surface area contributed by atoms with E-state index in [1.54, 1.807) is 12.4 Å². The van der Waals surface area contributed by atoms with Crippen molar-refractivity contribution < 1.29 is 4.74 Å². The average Bonchev–Trinajstić information content (AvgIpc) is 2.82. The lowest BCUT2D eigenvalue weighted by Gasteiger charge is -2.35. The van der Waals surface area contributed by atoms with Gasteiger partial charge in [-0.25, -0.2) is 15.0 Å². The fourth-order valence-electron chi connectivity index (χ4n) is 3.98. The largest absolute Gasteiger partial charge is 0.482 e. The standard InChI is InChI=1S/C24H28N8O/c1-16-13-18(6-7-19(16)32-11-9-31(3)10-12-32)27-24-26-14-17(2)22(30-24)28-21-15-33-20-5-4-8-25-23(20)29-21/h4-8,13-14H,9-12,15H2,1-3H3,(H2,25,26,27,28,29,30). The number of ether oxygens (including phenoxy) is 1. The zero-order valence-corrected chi connectivity index (χ0v) is 19.2. The number of rotatable bonds is 4. The van der Waals surface area contributed by atoms with E-state index in [9.17, 15) is 0 Å². The number of nitrogens with one attached hydrogen (secondary N) is 2. The minimum atomic E-state index is 0.331. The number of fused-ring (bicyclic) bond motifs is 1. The first-order valence-corrected chi connectivity index (χ1v) is 11.1. The van der Waals surface area contributed by atoms with Gasteiger partial charge in [0.2, 0.25) is 5.95 Å². The van der Waals surface area contributed by atoms with Gasteiger partial charge in [-0.05, 0) is 56.8 Å². The lowest BCUT2D eigenvalue weighted by molar-refractivity contribution is 0.312. The summed E-state index contributed by atoms with van der Waals surface area (Å²) in [6.07, 6.45) is 3.49. The third-order valence-corrected chi connectivity index (χ3v) is 5.89. The van der Waals surface area contributed by atoms with Crippen LogP contribution in [0.1, 0.15) is 11.1 Å².